The minimum atomic E-state index is -0.554. The molecule has 0 aromatic heterocycles. The normalized spacial score (nSPS) is 14.6. The predicted octanol–water partition coefficient (Wildman–Crippen LogP) is 6.68. The third kappa shape index (κ3) is 5.27. The number of esters is 1. The number of ether oxygens (including phenoxy) is 2. The average molecular weight is 603 g/mol. The van der Waals surface area contributed by atoms with Crippen molar-refractivity contribution in [2.24, 2.45) is 0 Å². The van der Waals surface area contributed by atoms with E-state index in [-0.39, 0.29) is 23.4 Å². The van der Waals surface area contributed by atoms with Crippen molar-refractivity contribution in [3.8, 4) is 11.5 Å². The zero-order valence-corrected chi connectivity index (χ0v) is 21.8. The van der Waals surface area contributed by atoms with Gasteiger partial charge in [-0.3, -0.25) is 14.5 Å². The van der Waals surface area contributed by atoms with E-state index in [2.05, 4.69) is 31.9 Å². The molecule has 1 heterocycles. The topological polar surface area (TPSA) is 72.9 Å². The Morgan fingerprint density at radius 3 is 2.41 bits per heavy atom. The van der Waals surface area contributed by atoms with Gasteiger partial charge in [0.15, 0.2) is 11.5 Å². The van der Waals surface area contributed by atoms with E-state index in [0.29, 0.717) is 30.7 Å². The van der Waals surface area contributed by atoms with Gasteiger partial charge >= 0.3 is 5.97 Å². The van der Waals surface area contributed by atoms with Gasteiger partial charge in [-0.1, -0.05) is 42.5 Å². The number of amides is 2. The fraction of sp³-hybridized carbons (Fsp3) is 0.0800. The van der Waals surface area contributed by atoms with Gasteiger partial charge in [-0.2, -0.15) is 0 Å². The molecular formula is C25H17Br2NO5S. The summed E-state index contributed by atoms with van der Waals surface area (Å²) >= 11 is 7.65. The quantitative estimate of drug-likeness (QED) is 0.178. The summed E-state index contributed by atoms with van der Waals surface area (Å²) in [5.41, 5.74) is 1.84. The summed E-state index contributed by atoms with van der Waals surface area (Å²) in [4.78, 5) is 39.5. The Labute approximate surface area is 217 Å². The molecule has 2 amide bonds. The third-order valence-electron chi connectivity index (χ3n) is 4.90. The summed E-state index contributed by atoms with van der Waals surface area (Å²) in [6, 6.07) is 19.6. The minimum Gasteiger partial charge on any atom is -0.493 e. The molecule has 0 unspecified atom stereocenters. The first-order valence-electron chi connectivity index (χ1n) is 10.0. The zero-order valence-electron chi connectivity index (χ0n) is 17.8. The first kappa shape index (κ1) is 24.3. The van der Waals surface area contributed by atoms with Crippen molar-refractivity contribution >= 4 is 66.8 Å². The van der Waals surface area contributed by atoms with E-state index >= 15 is 0 Å². The second-order valence-electron chi connectivity index (χ2n) is 7.16. The van der Waals surface area contributed by atoms with Crippen LogP contribution in [0.15, 0.2) is 80.6 Å². The van der Waals surface area contributed by atoms with Gasteiger partial charge in [-0.15, -0.1) is 0 Å². The van der Waals surface area contributed by atoms with Crippen molar-refractivity contribution in [2.45, 2.75) is 6.54 Å². The Morgan fingerprint density at radius 1 is 1.00 bits per heavy atom. The molecule has 9 heteroatoms. The van der Waals surface area contributed by atoms with Gasteiger partial charge in [-0.05, 0) is 85.1 Å². The van der Waals surface area contributed by atoms with Crippen molar-refractivity contribution in [3.63, 3.8) is 0 Å². The van der Waals surface area contributed by atoms with E-state index in [9.17, 15) is 14.4 Å². The van der Waals surface area contributed by atoms with Crippen LogP contribution in [0.3, 0.4) is 0 Å². The van der Waals surface area contributed by atoms with Crippen molar-refractivity contribution in [1.82, 2.24) is 4.90 Å². The zero-order chi connectivity index (χ0) is 24.2. The van der Waals surface area contributed by atoms with Crippen LogP contribution in [0.1, 0.15) is 21.5 Å². The van der Waals surface area contributed by atoms with Crippen LogP contribution in [0.25, 0.3) is 6.08 Å². The average Bonchev–Trinajstić information content (AvgIpc) is 3.08. The lowest BCUT2D eigenvalue weighted by atomic mass is 10.1. The summed E-state index contributed by atoms with van der Waals surface area (Å²) in [6.45, 7) is 0.208. The molecule has 4 rings (SSSR count). The van der Waals surface area contributed by atoms with E-state index in [1.54, 1.807) is 42.5 Å². The van der Waals surface area contributed by atoms with Gasteiger partial charge in [0.1, 0.15) is 0 Å². The molecule has 1 aliphatic rings. The Bertz CT molecular complexity index is 1310. The number of nitrogens with zero attached hydrogens (tertiary/aromatic N) is 1. The SMILES string of the molecule is COc1cc(/C=C2\SC(=O)N(Cc3ccccc3)C2=O)cc(Br)c1OC(=O)c1ccccc1Br. The van der Waals surface area contributed by atoms with Gasteiger partial charge in [-0.25, -0.2) is 4.79 Å². The number of rotatable bonds is 6. The van der Waals surface area contributed by atoms with E-state index in [4.69, 9.17) is 9.47 Å². The van der Waals surface area contributed by atoms with Crippen LogP contribution in [0.4, 0.5) is 4.79 Å². The van der Waals surface area contributed by atoms with Crippen molar-refractivity contribution in [2.75, 3.05) is 7.11 Å². The maximum Gasteiger partial charge on any atom is 0.344 e. The summed E-state index contributed by atoms with van der Waals surface area (Å²) in [5, 5.41) is -0.329. The molecule has 3 aromatic carbocycles. The standard InChI is InChI=1S/C25H17Br2NO5S/c1-32-20-12-16(11-19(27)22(20)33-24(30)17-9-5-6-10-18(17)26)13-21-23(29)28(25(31)34-21)14-15-7-3-2-4-8-15/h2-13H,14H2,1H3/b21-13-. The number of methoxy groups -OCH3 is 1. The molecule has 1 saturated heterocycles. The number of thioether (sulfide) groups is 1. The highest BCUT2D eigenvalue weighted by Gasteiger charge is 2.35. The van der Waals surface area contributed by atoms with Crippen LogP contribution < -0.4 is 9.47 Å². The van der Waals surface area contributed by atoms with Crippen LogP contribution in [0.5, 0.6) is 11.5 Å². The van der Waals surface area contributed by atoms with Gasteiger partial charge in [0, 0.05) is 4.47 Å². The molecule has 1 aliphatic heterocycles. The Hall–Kier alpha value is -2.88. The molecule has 0 bridgehead atoms. The second-order valence-corrected chi connectivity index (χ2v) is 9.86. The largest absolute Gasteiger partial charge is 0.493 e. The van der Waals surface area contributed by atoms with Gasteiger partial charge < -0.3 is 9.47 Å². The summed E-state index contributed by atoms with van der Waals surface area (Å²) in [6.07, 6.45) is 1.61. The highest BCUT2D eigenvalue weighted by Crippen LogP contribution is 2.40. The summed E-state index contributed by atoms with van der Waals surface area (Å²) < 4.78 is 12.1. The molecule has 34 heavy (non-hydrogen) atoms. The maximum absolute atomic E-state index is 12.9. The van der Waals surface area contributed by atoms with Crippen LogP contribution in [-0.2, 0) is 11.3 Å². The smallest absolute Gasteiger partial charge is 0.344 e. The molecular weight excluding hydrogens is 586 g/mol. The molecule has 6 nitrogen and oxygen atoms in total. The number of carbonyl (C=O) groups is 3. The van der Waals surface area contributed by atoms with Crippen molar-refractivity contribution in [3.05, 3.63) is 97.3 Å². The molecule has 1 fully saturated rings. The third-order valence-corrected chi connectivity index (χ3v) is 7.08. The van der Waals surface area contributed by atoms with Crippen LogP contribution >= 0.6 is 43.6 Å². The van der Waals surface area contributed by atoms with E-state index in [1.165, 1.54) is 12.0 Å². The first-order chi connectivity index (χ1) is 16.4. The Balaban J connectivity index is 1.58. The summed E-state index contributed by atoms with van der Waals surface area (Å²) in [7, 11) is 1.45. The number of halogens is 2. The molecule has 0 spiro atoms. The molecule has 0 aliphatic carbocycles. The summed E-state index contributed by atoms with van der Waals surface area (Å²) in [5.74, 6) is -0.415. The van der Waals surface area contributed by atoms with Crippen LogP contribution in [0.2, 0.25) is 0 Å². The van der Waals surface area contributed by atoms with Gasteiger partial charge in [0.25, 0.3) is 11.1 Å². The fourth-order valence-electron chi connectivity index (χ4n) is 3.25. The molecule has 0 radical (unpaired) electrons. The number of hydrogen-bond acceptors (Lipinski definition) is 6. The van der Waals surface area contributed by atoms with Crippen molar-refractivity contribution < 1.29 is 23.9 Å². The Morgan fingerprint density at radius 2 is 1.71 bits per heavy atom. The molecule has 0 atom stereocenters. The minimum absolute atomic E-state index is 0.206. The maximum atomic E-state index is 12.9. The molecule has 0 saturated carbocycles. The Kier molecular flexibility index (Phi) is 7.55. The fourth-order valence-corrected chi connectivity index (χ4v) is 5.08. The lowest BCUT2D eigenvalue weighted by Gasteiger charge is -2.13. The number of hydrogen-bond donors (Lipinski definition) is 0. The van der Waals surface area contributed by atoms with Gasteiger partial charge in [0.05, 0.1) is 28.6 Å². The molecule has 3 aromatic rings. The monoisotopic (exact) mass is 601 g/mol. The second kappa shape index (κ2) is 10.6. The number of imide groups is 1. The van der Waals surface area contributed by atoms with Crippen LogP contribution in [-0.4, -0.2) is 29.1 Å². The lowest BCUT2D eigenvalue weighted by Crippen LogP contribution is -2.27. The van der Waals surface area contributed by atoms with Crippen molar-refractivity contribution in [1.29, 1.82) is 0 Å². The predicted molar refractivity (Wildman–Crippen MR) is 138 cm³/mol. The van der Waals surface area contributed by atoms with E-state index in [1.807, 2.05) is 30.3 Å². The number of benzene rings is 3. The van der Waals surface area contributed by atoms with E-state index < -0.39 is 5.97 Å². The first-order valence-corrected chi connectivity index (χ1v) is 12.4. The molecule has 172 valence electrons. The lowest BCUT2D eigenvalue weighted by molar-refractivity contribution is -0.123. The highest BCUT2D eigenvalue weighted by molar-refractivity contribution is 9.10. The number of carbonyl (C=O) groups excluding carboxylic acids is 3. The molecule has 0 N–H and O–H groups in total. The highest BCUT2D eigenvalue weighted by atomic mass is 79.9. The van der Waals surface area contributed by atoms with Gasteiger partial charge in [0.2, 0.25) is 0 Å². The van der Waals surface area contributed by atoms with E-state index in [0.717, 1.165) is 17.3 Å². The van der Waals surface area contributed by atoms with Crippen LogP contribution in [0, 0.1) is 0 Å².